The largest absolute Gasteiger partial charge is 1.00 e. The zero-order valence-electron chi connectivity index (χ0n) is 10.7. The normalized spacial score (nSPS) is 10.4. The summed E-state index contributed by atoms with van der Waals surface area (Å²) < 4.78 is 5.90. The quantitative estimate of drug-likeness (QED) is 0.238. The van der Waals surface area contributed by atoms with Crippen LogP contribution in [-0.2, 0) is 9.53 Å². The number of carbonyl (C=O) groups is 1. The van der Waals surface area contributed by atoms with Crippen LogP contribution in [0.4, 0.5) is 0 Å². The molecule has 0 aliphatic carbocycles. The smallest absolute Gasteiger partial charge is 0.330 e. The fourth-order valence-electron chi connectivity index (χ4n) is 1.27. The van der Waals surface area contributed by atoms with Gasteiger partial charge in [-0.3, -0.25) is 0 Å². The molecule has 0 saturated heterocycles. The predicted octanol–water partition coefficient (Wildman–Crippen LogP) is -1.01. The molecule has 0 saturated carbocycles. The zero-order chi connectivity index (χ0) is 11.7. The van der Waals surface area contributed by atoms with Crippen molar-refractivity contribution >= 4 is 5.97 Å². The second kappa shape index (κ2) is 9.67. The second-order valence-corrected chi connectivity index (χ2v) is 4.80. The highest BCUT2D eigenvalue weighted by molar-refractivity contribution is 5.81. The van der Waals surface area contributed by atoms with Gasteiger partial charge in [0.15, 0.2) is 0 Å². The van der Waals surface area contributed by atoms with Crippen LogP contribution in [0.15, 0.2) is 12.7 Å². The summed E-state index contributed by atoms with van der Waals surface area (Å²) in [7, 11) is 6.60. The first-order chi connectivity index (χ1) is 6.95. The molecular formula is C12H24ClNO2. The molecule has 0 rings (SSSR count). The molecule has 16 heavy (non-hydrogen) atoms. The van der Waals surface area contributed by atoms with Gasteiger partial charge < -0.3 is 21.6 Å². The molecule has 0 aromatic rings. The highest BCUT2D eigenvalue weighted by Crippen LogP contribution is 2.03. The SMILES string of the molecule is C=CC(=O)OCCCCCC[N+](C)(C)C.[Cl-]. The van der Waals surface area contributed by atoms with E-state index in [0.29, 0.717) is 6.61 Å². The Hall–Kier alpha value is -0.540. The van der Waals surface area contributed by atoms with Gasteiger partial charge in [0.25, 0.3) is 0 Å². The number of hydrogen-bond acceptors (Lipinski definition) is 2. The minimum atomic E-state index is -0.318. The lowest BCUT2D eigenvalue weighted by atomic mass is 10.2. The van der Waals surface area contributed by atoms with E-state index in [9.17, 15) is 4.79 Å². The van der Waals surface area contributed by atoms with Crippen LogP contribution in [0, 0.1) is 0 Å². The molecule has 4 heteroatoms. The highest BCUT2D eigenvalue weighted by atomic mass is 35.5. The standard InChI is InChI=1S/C12H24NO2.ClH/c1-5-12(14)15-11-9-7-6-8-10-13(2,3)4;/h5H,1,6-11H2,2-4H3;1H/q+1;/p-1. The Balaban J connectivity index is 0. The molecule has 0 aliphatic rings. The molecule has 0 aromatic heterocycles. The number of unbranched alkanes of at least 4 members (excludes halogenated alkanes) is 3. The first kappa shape index (κ1) is 17.8. The van der Waals surface area contributed by atoms with Crippen LogP contribution in [-0.4, -0.2) is 44.7 Å². The van der Waals surface area contributed by atoms with Crippen molar-refractivity contribution in [3.63, 3.8) is 0 Å². The Bertz CT molecular complexity index is 200. The Morgan fingerprint density at radius 1 is 1.19 bits per heavy atom. The van der Waals surface area contributed by atoms with E-state index in [1.807, 2.05) is 0 Å². The maximum absolute atomic E-state index is 10.7. The summed E-state index contributed by atoms with van der Waals surface area (Å²) in [6.45, 7) is 5.06. The molecule has 0 bridgehead atoms. The molecule has 0 fully saturated rings. The van der Waals surface area contributed by atoms with E-state index in [-0.39, 0.29) is 18.4 Å². The third kappa shape index (κ3) is 13.5. The molecule has 3 nitrogen and oxygen atoms in total. The maximum atomic E-state index is 10.7. The van der Waals surface area contributed by atoms with Crippen LogP contribution < -0.4 is 12.4 Å². The van der Waals surface area contributed by atoms with Crippen molar-refractivity contribution in [2.75, 3.05) is 34.3 Å². The second-order valence-electron chi connectivity index (χ2n) is 4.80. The molecule has 0 N–H and O–H groups in total. The fourth-order valence-corrected chi connectivity index (χ4v) is 1.27. The third-order valence-corrected chi connectivity index (χ3v) is 2.13. The number of nitrogens with zero attached hydrogens (tertiary/aromatic N) is 1. The third-order valence-electron chi connectivity index (χ3n) is 2.13. The maximum Gasteiger partial charge on any atom is 0.330 e. The molecule has 0 atom stereocenters. The van der Waals surface area contributed by atoms with Crippen molar-refractivity contribution in [2.45, 2.75) is 25.7 Å². The van der Waals surface area contributed by atoms with Crippen LogP contribution in [0.3, 0.4) is 0 Å². The van der Waals surface area contributed by atoms with Crippen molar-refractivity contribution in [1.82, 2.24) is 0 Å². The van der Waals surface area contributed by atoms with Gasteiger partial charge in [-0.1, -0.05) is 6.58 Å². The number of ether oxygens (including phenoxy) is 1. The molecule has 0 aromatic carbocycles. The van der Waals surface area contributed by atoms with Crippen molar-refractivity contribution in [3.8, 4) is 0 Å². The zero-order valence-corrected chi connectivity index (χ0v) is 11.4. The molecule has 0 unspecified atom stereocenters. The summed E-state index contributed by atoms with van der Waals surface area (Å²) in [6.07, 6.45) is 5.73. The minimum Gasteiger partial charge on any atom is -1.00 e. The molecular weight excluding hydrogens is 226 g/mol. The Labute approximate surface area is 105 Å². The van der Waals surface area contributed by atoms with Crippen LogP contribution in [0.1, 0.15) is 25.7 Å². The lowest BCUT2D eigenvalue weighted by Gasteiger charge is -2.23. The van der Waals surface area contributed by atoms with Gasteiger partial charge in [0, 0.05) is 6.08 Å². The molecule has 0 spiro atoms. The van der Waals surface area contributed by atoms with Crippen LogP contribution in [0.25, 0.3) is 0 Å². The number of quaternary nitrogens is 1. The van der Waals surface area contributed by atoms with E-state index in [4.69, 9.17) is 4.74 Å². The van der Waals surface area contributed by atoms with Gasteiger partial charge in [-0.05, 0) is 25.7 Å². The van der Waals surface area contributed by atoms with Gasteiger partial charge in [0.05, 0.1) is 34.3 Å². The first-order valence-corrected chi connectivity index (χ1v) is 5.55. The number of hydrogen-bond donors (Lipinski definition) is 0. The fraction of sp³-hybridized carbons (Fsp3) is 0.750. The summed E-state index contributed by atoms with van der Waals surface area (Å²) >= 11 is 0. The lowest BCUT2D eigenvalue weighted by molar-refractivity contribution is -0.870. The molecule has 0 radical (unpaired) electrons. The minimum absolute atomic E-state index is 0. The van der Waals surface area contributed by atoms with Gasteiger partial charge in [-0.2, -0.15) is 0 Å². The summed E-state index contributed by atoms with van der Waals surface area (Å²) in [4.78, 5) is 10.7. The van der Waals surface area contributed by atoms with E-state index in [0.717, 1.165) is 17.3 Å². The monoisotopic (exact) mass is 249 g/mol. The van der Waals surface area contributed by atoms with Crippen molar-refractivity contribution in [1.29, 1.82) is 0 Å². The average Bonchev–Trinajstić information content (AvgIpc) is 2.14. The molecule has 96 valence electrons. The van der Waals surface area contributed by atoms with E-state index in [1.165, 1.54) is 25.5 Å². The Kier molecular flexibility index (Phi) is 10.8. The van der Waals surface area contributed by atoms with E-state index in [2.05, 4.69) is 27.7 Å². The molecule has 0 aliphatic heterocycles. The van der Waals surface area contributed by atoms with Crippen molar-refractivity contribution in [3.05, 3.63) is 12.7 Å². The number of carbonyl (C=O) groups excluding carboxylic acids is 1. The van der Waals surface area contributed by atoms with Gasteiger partial charge >= 0.3 is 5.97 Å². The molecule has 0 heterocycles. The van der Waals surface area contributed by atoms with Gasteiger partial charge in [0.2, 0.25) is 0 Å². The first-order valence-electron chi connectivity index (χ1n) is 5.55. The van der Waals surface area contributed by atoms with Crippen LogP contribution >= 0.6 is 0 Å². The van der Waals surface area contributed by atoms with Crippen molar-refractivity contribution < 1.29 is 26.4 Å². The Morgan fingerprint density at radius 3 is 2.25 bits per heavy atom. The van der Waals surface area contributed by atoms with E-state index < -0.39 is 0 Å². The number of rotatable bonds is 8. The predicted molar refractivity (Wildman–Crippen MR) is 62.5 cm³/mol. The number of esters is 1. The molecule has 0 amide bonds. The summed E-state index contributed by atoms with van der Waals surface area (Å²) in [5.74, 6) is -0.318. The summed E-state index contributed by atoms with van der Waals surface area (Å²) in [6, 6.07) is 0. The van der Waals surface area contributed by atoms with Gasteiger partial charge in [0.1, 0.15) is 0 Å². The summed E-state index contributed by atoms with van der Waals surface area (Å²) in [5.41, 5.74) is 0. The lowest BCUT2D eigenvalue weighted by Crippen LogP contribution is -3.00. The average molecular weight is 250 g/mol. The Morgan fingerprint density at radius 2 is 1.75 bits per heavy atom. The van der Waals surface area contributed by atoms with Gasteiger partial charge in [-0.15, -0.1) is 0 Å². The summed E-state index contributed by atoms with van der Waals surface area (Å²) in [5, 5.41) is 0. The van der Waals surface area contributed by atoms with Gasteiger partial charge in [-0.25, -0.2) is 4.79 Å². The van der Waals surface area contributed by atoms with Crippen LogP contribution in [0.2, 0.25) is 0 Å². The van der Waals surface area contributed by atoms with E-state index in [1.54, 1.807) is 0 Å². The van der Waals surface area contributed by atoms with E-state index >= 15 is 0 Å². The topological polar surface area (TPSA) is 26.3 Å². The van der Waals surface area contributed by atoms with Crippen molar-refractivity contribution in [2.24, 2.45) is 0 Å². The number of halogens is 1. The highest BCUT2D eigenvalue weighted by Gasteiger charge is 2.05. The van der Waals surface area contributed by atoms with Crippen LogP contribution in [0.5, 0.6) is 0 Å².